The molecule has 3 rings (SSSR count). The topological polar surface area (TPSA) is 61.0 Å². The van der Waals surface area contributed by atoms with E-state index >= 15 is 0 Å². The van der Waals surface area contributed by atoms with Crippen molar-refractivity contribution in [2.24, 2.45) is 5.73 Å². The van der Waals surface area contributed by atoms with Gasteiger partial charge < -0.3 is 10.5 Å². The van der Waals surface area contributed by atoms with Crippen molar-refractivity contribution < 1.29 is 4.74 Å². The van der Waals surface area contributed by atoms with Crippen molar-refractivity contribution >= 4 is 11.0 Å². The van der Waals surface area contributed by atoms with E-state index in [1.807, 2.05) is 24.3 Å². The average molecular weight is 241 g/mol. The maximum absolute atomic E-state index is 6.21. The summed E-state index contributed by atoms with van der Waals surface area (Å²) in [5.74, 6) is 0. The molecule has 0 fully saturated rings. The molecule has 2 heterocycles. The third-order valence-corrected chi connectivity index (χ3v) is 3.15. The molecule has 1 atom stereocenters. The maximum Gasteiger partial charge on any atom is 0.0890 e. The average Bonchev–Trinajstić information content (AvgIpc) is 2.47. The van der Waals surface area contributed by atoms with Gasteiger partial charge in [0.1, 0.15) is 0 Å². The largest absolute Gasteiger partial charge is 0.501 e. The molecule has 0 amide bonds. The van der Waals surface area contributed by atoms with E-state index in [2.05, 4.69) is 9.97 Å². The predicted molar refractivity (Wildman–Crippen MR) is 69.7 cm³/mol. The number of hydrogen-bond donors (Lipinski definition) is 1. The van der Waals surface area contributed by atoms with Crippen LogP contribution in [0.2, 0.25) is 0 Å². The van der Waals surface area contributed by atoms with E-state index in [1.165, 1.54) is 0 Å². The number of hydrogen-bond acceptors (Lipinski definition) is 4. The van der Waals surface area contributed by atoms with Gasteiger partial charge >= 0.3 is 0 Å². The highest BCUT2D eigenvalue weighted by molar-refractivity contribution is 5.73. The minimum absolute atomic E-state index is 0.220. The van der Waals surface area contributed by atoms with Crippen LogP contribution in [0.15, 0.2) is 42.3 Å². The van der Waals surface area contributed by atoms with E-state index < -0.39 is 0 Å². The zero-order valence-electron chi connectivity index (χ0n) is 10.0. The molecule has 0 radical (unpaired) electrons. The van der Waals surface area contributed by atoms with Gasteiger partial charge in [-0.3, -0.25) is 4.98 Å². The molecule has 18 heavy (non-hydrogen) atoms. The summed E-state index contributed by atoms with van der Waals surface area (Å²) in [5.41, 5.74) is 9.86. The summed E-state index contributed by atoms with van der Waals surface area (Å²) in [4.78, 5) is 8.95. The van der Waals surface area contributed by atoms with Crippen molar-refractivity contribution in [3.63, 3.8) is 0 Å². The van der Waals surface area contributed by atoms with Crippen LogP contribution in [0.1, 0.15) is 24.6 Å². The van der Waals surface area contributed by atoms with E-state index in [-0.39, 0.29) is 6.04 Å². The predicted octanol–water partition coefficient (Wildman–Crippen LogP) is 2.32. The van der Waals surface area contributed by atoms with Crippen LogP contribution in [0.3, 0.4) is 0 Å². The second-order valence-electron chi connectivity index (χ2n) is 4.43. The lowest BCUT2D eigenvalue weighted by atomic mass is 10.0. The Morgan fingerprint density at radius 3 is 2.83 bits per heavy atom. The van der Waals surface area contributed by atoms with E-state index in [1.54, 1.807) is 12.5 Å². The highest BCUT2D eigenvalue weighted by Gasteiger charge is 2.16. The first-order chi connectivity index (χ1) is 8.84. The smallest absolute Gasteiger partial charge is 0.0890 e. The Balaban J connectivity index is 1.96. The highest BCUT2D eigenvalue weighted by Crippen LogP contribution is 2.24. The third kappa shape index (κ3) is 2.07. The summed E-state index contributed by atoms with van der Waals surface area (Å²) in [6.07, 6.45) is 5.50. The fourth-order valence-corrected chi connectivity index (χ4v) is 2.12. The first-order valence-corrected chi connectivity index (χ1v) is 6.12. The molecule has 92 valence electrons. The van der Waals surface area contributed by atoms with Crippen LogP contribution in [0.4, 0.5) is 0 Å². The van der Waals surface area contributed by atoms with E-state index in [9.17, 15) is 0 Å². The Kier molecular flexibility index (Phi) is 2.94. The lowest BCUT2D eigenvalue weighted by molar-refractivity contribution is 0.221. The Bertz CT molecular complexity index is 594. The van der Waals surface area contributed by atoms with Crippen LogP contribution in [-0.4, -0.2) is 16.6 Å². The third-order valence-electron chi connectivity index (χ3n) is 3.15. The highest BCUT2D eigenvalue weighted by atomic mass is 16.5. The van der Waals surface area contributed by atoms with Gasteiger partial charge in [0, 0.05) is 0 Å². The molecule has 1 aromatic heterocycles. The summed E-state index contributed by atoms with van der Waals surface area (Å²) >= 11 is 0. The van der Waals surface area contributed by atoms with E-state index in [0.29, 0.717) is 0 Å². The lowest BCUT2D eigenvalue weighted by Crippen LogP contribution is -2.17. The number of benzene rings is 1. The lowest BCUT2D eigenvalue weighted by Gasteiger charge is -2.19. The Hall–Kier alpha value is -1.94. The molecule has 1 aliphatic rings. The number of fused-ring (bicyclic) bond motifs is 1. The summed E-state index contributed by atoms with van der Waals surface area (Å²) in [5, 5.41) is 0. The normalized spacial score (nSPS) is 17.1. The number of rotatable bonds is 2. The van der Waals surface area contributed by atoms with Crippen LogP contribution in [0.25, 0.3) is 11.0 Å². The van der Waals surface area contributed by atoms with Gasteiger partial charge in [-0.1, -0.05) is 12.1 Å². The van der Waals surface area contributed by atoms with Gasteiger partial charge in [-0.15, -0.1) is 0 Å². The van der Waals surface area contributed by atoms with Crippen molar-refractivity contribution in [2.45, 2.75) is 18.9 Å². The fourth-order valence-electron chi connectivity index (χ4n) is 2.12. The van der Waals surface area contributed by atoms with Crippen molar-refractivity contribution in [2.75, 3.05) is 6.61 Å². The molecule has 4 heteroatoms. The summed E-state index contributed by atoms with van der Waals surface area (Å²) in [6, 6.07) is 7.58. The van der Waals surface area contributed by atoms with Gasteiger partial charge in [0.05, 0.1) is 41.8 Å². The van der Waals surface area contributed by atoms with Gasteiger partial charge in [-0.2, -0.15) is 0 Å². The number of ether oxygens (including phenoxy) is 1. The SMILES string of the molecule is NC(C1=COCCC1)c1cnc2ccccc2n1. The molecular formula is C14H15N3O. The zero-order chi connectivity index (χ0) is 12.4. The summed E-state index contributed by atoms with van der Waals surface area (Å²) in [6.45, 7) is 0.777. The number of nitrogens with zero attached hydrogens (tertiary/aromatic N) is 2. The van der Waals surface area contributed by atoms with Crippen molar-refractivity contribution in [3.05, 3.63) is 48.0 Å². The van der Waals surface area contributed by atoms with E-state index in [0.717, 1.165) is 41.7 Å². The minimum Gasteiger partial charge on any atom is -0.501 e. The molecular weight excluding hydrogens is 226 g/mol. The number of aromatic nitrogens is 2. The zero-order valence-corrected chi connectivity index (χ0v) is 10.0. The second kappa shape index (κ2) is 4.74. The number of nitrogens with two attached hydrogens (primary N) is 1. The molecule has 2 aromatic rings. The van der Waals surface area contributed by atoms with Crippen LogP contribution in [-0.2, 0) is 4.74 Å². The molecule has 0 bridgehead atoms. The molecule has 0 saturated heterocycles. The summed E-state index contributed by atoms with van der Waals surface area (Å²) < 4.78 is 5.32. The Morgan fingerprint density at radius 2 is 2.06 bits per heavy atom. The van der Waals surface area contributed by atoms with Crippen molar-refractivity contribution in [1.29, 1.82) is 0 Å². The minimum atomic E-state index is -0.220. The molecule has 1 aliphatic heterocycles. The Labute approximate surface area is 106 Å². The standard InChI is InChI=1S/C14H15N3O/c15-14(10-4-3-7-18-9-10)13-8-16-11-5-1-2-6-12(11)17-13/h1-2,5-6,8-9,14H,3-4,7,15H2. The first-order valence-electron chi connectivity index (χ1n) is 6.12. The summed E-state index contributed by atoms with van der Waals surface area (Å²) in [7, 11) is 0. The first kappa shape index (κ1) is 11.2. The van der Waals surface area contributed by atoms with Gasteiger partial charge in [0.25, 0.3) is 0 Å². The molecule has 4 nitrogen and oxygen atoms in total. The van der Waals surface area contributed by atoms with E-state index in [4.69, 9.17) is 10.5 Å². The van der Waals surface area contributed by atoms with Crippen LogP contribution in [0.5, 0.6) is 0 Å². The van der Waals surface area contributed by atoms with Crippen LogP contribution < -0.4 is 5.73 Å². The van der Waals surface area contributed by atoms with Gasteiger partial charge in [0.15, 0.2) is 0 Å². The van der Waals surface area contributed by atoms with Gasteiger partial charge in [-0.25, -0.2) is 4.98 Å². The molecule has 1 unspecified atom stereocenters. The second-order valence-corrected chi connectivity index (χ2v) is 4.43. The van der Waals surface area contributed by atoms with Gasteiger partial charge in [0.2, 0.25) is 0 Å². The molecule has 0 aliphatic carbocycles. The Morgan fingerprint density at radius 1 is 1.22 bits per heavy atom. The van der Waals surface area contributed by atoms with Crippen molar-refractivity contribution in [3.8, 4) is 0 Å². The molecule has 1 aromatic carbocycles. The fraction of sp³-hybridized carbons (Fsp3) is 0.286. The maximum atomic E-state index is 6.21. The van der Waals surface area contributed by atoms with Crippen LogP contribution >= 0.6 is 0 Å². The van der Waals surface area contributed by atoms with Gasteiger partial charge in [-0.05, 0) is 30.5 Å². The molecule has 0 saturated carbocycles. The quantitative estimate of drug-likeness (QED) is 0.876. The molecule has 2 N–H and O–H groups in total. The van der Waals surface area contributed by atoms with Crippen LogP contribution in [0, 0.1) is 0 Å². The monoisotopic (exact) mass is 241 g/mol. The molecule has 0 spiro atoms. The van der Waals surface area contributed by atoms with Crippen molar-refractivity contribution in [1.82, 2.24) is 9.97 Å². The number of para-hydroxylation sites is 2.